The minimum atomic E-state index is -3.83. The van der Waals surface area contributed by atoms with Crippen molar-refractivity contribution in [3.63, 3.8) is 0 Å². The molecule has 6 nitrogen and oxygen atoms in total. The molecule has 2 N–H and O–H groups in total. The van der Waals surface area contributed by atoms with E-state index in [1.807, 2.05) is 39.0 Å². The second-order valence-electron chi connectivity index (χ2n) is 8.65. The number of hydrogen-bond donors (Lipinski definition) is 2. The van der Waals surface area contributed by atoms with E-state index in [9.17, 15) is 18.0 Å². The maximum absolute atomic E-state index is 12.9. The lowest BCUT2D eigenvalue weighted by Gasteiger charge is -2.27. The predicted molar refractivity (Wildman–Crippen MR) is 129 cm³/mol. The average molecular weight is 463 g/mol. The minimum absolute atomic E-state index is 0.0351. The predicted octanol–water partition coefficient (Wildman–Crippen LogP) is 5.37. The summed E-state index contributed by atoms with van der Waals surface area (Å²) in [6, 6.07) is 18.7. The second kappa shape index (κ2) is 8.83. The summed E-state index contributed by atoms with van der Waals surface area (Å²) in [6.45, 7) is 5.60. The van der Waals surface area contributed by atoms with Gasteiger partial charge in [-0.1, -0.05) is 50.2 Å². The Labute approximate surface area is 194 Å². The van der Waals surface area contributed by atoms with Gasteiger partial charge in [0.15, 0.2) is 11.6 Å². The van der Waals surface area contributed by atoms with Gasteiger partial charge in [-0.25, -0.2) is 8.42 Å². The minimum Gasteiger partial charge on any atom is -0.377 e. The summed E-state index contributed by atoms with van der Waals surface area (Å²) >= 11 is 0. The Kier molecular flexibility index (Phi) is 6.08. The number of aryl methyl sites for hydroxylation is 1. The molecule has 1 aliphatic rings. The van der Waals surface area contributed by atoms with Crippen LogP contribution in [-0.4, -0.2) is 20.0 Å². The number of Topliss-reactive ketones (excluding diaryl/α,β-unsaturated/α-hetero) is 2. The molecule has 0 fully saturated rings. The first kappa shape index (κ1) is 22.7. The zero-order valence-corrected chi connectivity index (χ0v) is 19.6. The normalized spacial score (nSPS) is 15.6. The highest BCUT2D eigenvalue weighted by Crippen LogP contribution is 2.34. The molecule has 1 aliphatic heterocycles. The highest BCUT2D eigenvalue weighted by molar-refractivity contribution is 7.92. The summed E-state index contributed by atoms with van der Waals surface area (Å²) < 4.78 is 28.3. The molecule has 0 aliphatic carbocycles. The van der Waals surface area contributed by atoms with Crippen LogP contribution in [0.5, 0.6) is 0 Å². The van der Waals surface area contributed by atoms with E-state index in [-0.39, 0.29) is 34.8 Å². The first-order chi connectivity index (χ1) is 15.6. The summed E-state index contributed by atoms with van der Waals surface area (Å²) in [4.78, 5) is 25.1. The van der Waals surface area contributed by atoms with Gasteiger partial charge in [0.2, 0.25) is 0 Å². The molecule has 3 aromatic carbocycles. The highest BCUT2D eigenvalue weighted by atomic mass is 32.2. The van der Waals surface area contributed by atoms with Crippen LogP contribution in [0.2, 0.25) is 0 Å². The van der Waals surface area contributed by atoms with Crippen LogP contribution in [0.4, 0.5) is 11.4 Å². The molecule has 7 heteroatoms. The maximum Gasteiger partial charge on any atom is 0.261 e. The van der Waals surface area contributed by atoms with Crippen molar-refractivity contribution in [2.24, 2.45) is 5.92 Å². The van der Waals surface area contributed by atoms with Gasteiger partial charge in [0, 0.05) is 34.8 Å². The molecule has 0 aromatic heterocycles. The molecule has 3 aromatic rings. The summed E-state index contributed by atoms with van der Waals surface area (Å²) in [5.74, 6) is -0.140. The summed E-state index contributed by atoms with van der Waals surface area (Å²) in [6.07, 6.45) is 0.194. The van der Waals surface area contributed by atoms with Crippen LogP contribution in [0, 0.1) is 12.8 Å². The third-order valence-electron chi connectivity index (χ3n) is 5.71. The fourth-order valence-corrected chi connectivity index (χ4v) is 4.99. The molecule has 4 rings (SSSR count). The number of ketones is 2. The van der Waals surface area contributed by atoms with Gasteiger partial charge in [-0.3, -0.25) is 14.3 Å². The third kappa shape index (κ3) is 4.83. The Bertz CT molecular complexity index is 1330. The Morgan fingerprint density at radius 3 is 2.42 bits per heavy atom. The largest absolute Gasteiger partial charge is 0.377 e. The van der Waals surface area contributed by atoms with Gasteiger partial charge in [-0.05, 0) is 48.4 Å². The number of carbonyl (C=O) groups excluding carboxylic acids is 2. The van der Waals surface area contributed by atoms with Gasteiger partial charge < -0.3 is 5.32 Å². The van der Waals surface area contributed by atoms with Gasteiger partial charge >= 0.3 is 0 Å². The Hall–Kier alpha value is -3.45. The summed E-state index contributed by atoms with van der Waals surface area (Å²) in [7, 11) is -3.83. The molecular weight excluding hydrogens is 436 g/mol. The second-order valence-corrected chi connectivity index (χ2v) is 10.3. The number of rotatable bonds is 6. The highest BCUT2D eigenvalue weighted by Gasteiger charge is 2.28. The van der Waals surface area contributed by atoms with Crippen molar-refractivity contribution in [3.8, 4) is 0 Å². The van der Waals surface area contributed by atoms with Crippen molar-refractivity contribution < 1.29 is 18.0 Å². The van der Waals surface area contributed by atoms with Gasteiger partial charge in [-0.15, -0.1) is 0 Å². The number of nitrogens with one attached hydrogen (secondary N) is 2. The van der Waals surface area contributed by atoms with E-state index in [1.54, 1.807) is 36.4 Å². The molecule has 0 saturated carbocycles. The fraction of sp³-hybridized carbons (Fsp3) is 0.231. The molecule has 0 saturated heterocycles. The van der Waals surface area contributed by atoms with Crippen molar-refractivity contribution in [2.45, 2.75) is 38.1 Å². The molecular formula is C26H26N2O4S. The molecule has 0 radical (unpaired) electrons. The molecule has 0 amide bonds. The topological polar surface area (TPSA) is 92.3 Å². The zero-order chi connectivity index (χ0) is 23.8. The van der Waals surface area contributed by atoms with Crippen LogP contribution < -0.4 is 10.0 Å². The number of anilines is 2. The molecule has 33 heavy (non-hydrogen) atoms. The van der Waals surface area contributed by atoms with Crippen LogP contribution in [0.1, 0.15) is 58.2 Å². The van der Waals surface area contributed by atoms with E-state index in [2.05, 4.69) is 10.0 Å². The first-order valence-corrected chi connectivity index (χ1v) is 12.3. The van der Waals surface area contributed by atoms with Crippen LogP contribution in [0.3, 0.4) is 0 Å². The Morgan fingerprint density at radius 1 is 1.03 bits per heavy atom. The van der Waals surface area contributed by atoms with E-state index < -0.39 is 10.0 Å². The smallest absolute Gasteiger partial charge is 0.261 e. The fourth-order valence-electron chi connectivity index (χ4n) is 3.92. The molecule has 170 valence electrons. The van der Waals surface area contributed by atoms with Crippen LogP contribution >= 0.6 is 0 Å². The van der Waals surface area contributed by atoms with Crippen molar-refractivity contribution in [2.75, 3.05) is 10.0 Å². The Balaban J connectivity index is 1.56. The van der Waals surface area contributed by atoms with Crippen molar-refractivity contribution in [3.05, 3.63) is 89.0 Å². The summed E-state index contributed by atoms with van der Waals surface area (Å²) in [5.41, 5.74) is 3.89. The molecule has 0 spiro atoms. The first-order valence-electron chi connectivity index (χ1n) is 10.8. The number of fused-ring (bicyclic) bond motifs is 1. The zero-order valence-electron chi connectivity index (χ0n) is 18.8. The van der Waals surface area contributed by atoms with E-state index >= 15 is 0 Å². The lowest BCUT2D eigenvalue weighted by atomic mass is 9.91. The number of benzene rings is 3. The number of sulfonamides is 1. The van der Waals surface area contributed by atoms with E-state index in [4.69, 9.17) is 0 Å². The quantitative estimate of drug-likeness (QED) is 0.480. The van der Waals surface area contributed by atoms with Gasteiger partial charge in [-0.2, -0.15) is 0 Å². The monoisotopic (exact) mass is 462 g/mol. The van der Waals surface area contributed by atoms with E-state index in [0.717, 1.165) is 11.1 Å². The van der Waals surface area contributed by atoms with Gasteiger partial charge in [0.25, 0.3) is 10.0 Å². The lowest BCUT2D eigenvalue weighted by molar-refractivity contribution is 0.0937. The number of hydrogen-bond acceptors (Lipinski definition) is 5. The third-order valence-corrected chi connectivity index (χ3v) is 7.09. The van der Waals surface area contributed by atoms with Gasteiger partial charge in [0.05, 0.1) is 10.9 Å². The average Bonchev–Trinajstić information content (AvgIpc) is 2.78. The van der Waals surface area contributed by atoms with Crippen LogP contribution in [0.15, 0.2) is 71.6 Å². The maximum atomic E-state index is 12.9. The van der Waals surface area contributed by atoms with E-state index in [1.165, 1.54) is 12.1 Å². The number of carbonyl (C=O) groups is 2. The van der Waals surface area contributed by atoms with Crippen molar-refractivity contribution >= 4 is 33.0 Å². The van der Waals surface area contributed by atoms with E-state index in [0.29, 0.717) is 22.5 Å². The van der Waals surface area contributed by atoms with Gasteiger partial charge in [0.1, 0.15) is 0 Å². The van der Waals surface area contributed by atoms with Crippen LogP contribution in [0.25, 0.3) is 0 Å². The molecule has 0 bridgehead atoms. The van der Waals surface area contributed by atoms with Crippen molar-refractivity contribution in [1.82, 2.24) is 0 Å². The van der Waals surface area contributed by atoms with Crippen LogP contribution in [-0.2, 0) is 10.0 Å². The Morgan fingerprint density at radius 2 is 1.76 bits per heavy atom. The SMILES string of the molecule is Cc1cccc(NS(=O)(=O)c2ccc3c(c2)C(=O)CC(c2ccc(C(=O)C(C)C)cc2)N3)c1. The molecule has 1 atom stereocenters. The lowest BCUT2D eigenvalue weighted by Crippen LogP contribution is -2.24. The molecule has 1 heterocycles. The standard InChI is InChI=1S/C26H26N2O4S/c1-16(2)26(30)19-9-7-18(8-10-19)24-15-25(29)22-14-21(11-12-23(22)27-24)33(31,32)28-20-6-4-5-17(3)13-20/h4-14,16,24,27-28H,15H2,1-3H3. The molecule has 1 unspecified atom stereocenters. The van der Waals surface area contributed by atoms with Crippen molar-refractivity contribution in [1.29, 1.82) is 0 Å². The summed E-state index contributed by atoms with van der Waals surface area (Å²) in [5, 5.41) is 3.33.